The van der Waals surface area contributed by atoms with Gasteiger partial charge in [0.1, 0.15) is 0 Å². The second kappa shape index (κ2) is 7.57. The van der Waals surface area contributed by atoms with Crippen LogP contribution in [0.1, 0.15) is 22.5 Å². The number of para-hydroxylation sites is 1. The minimum Gasteiger partial charge on any atom is -0.398 e. The topological polar surface area (TPSA) is 73.8 Å². The number of allylic oxidation sites excluding steroid dienone is 1. The van der Waals surface area contributed by atoms with E-state index in [0.717, 1.165) is 22.5 Å². The molecule has 3 rings (SSSR count). The van der Waals surface area contributed by atoms with Gasteiger partial charge < -0.3 is 5.73 Å². The second-order valence-electron chi connectivity index (χ2n) is 5.92. The average molecular weight is 332 g/mol. The Balaban J connectivity index is 1.61. The van der Waals surface area contributed by atoms with E-state index in [9.17, 15) is 4.79 Å². The Kier molecular flexibility index (Phi) is 5.04. The highest BCUT2D eigenvalue weighted by Crippen LogP contribution is 2.12. The molecular weight excluding hydrogens is 312 g/mol. The van der Waals surface area contributed by atoms with E-state index in [1.54, 1.807) is 29.1 Å². The lowest BCUT2D eigenvalue weighted by Gasteiger charge is -2.02. The van der Waals surface area contributed by atoms with Crippen molar-refractivity contribution >= 4 is 17.5 Å². The number of benzene rings is 1. The van der Waals surface area contributed by atoms with Gasteiger partial charge in [-0.2, -0.15) is 5.10 Å². The van der Waals surface area contributed by atoms with Gasteiger partial charge in [0.2, 0.25) is 0 Å². The maximum atomic E-state index is 12.1. The number of aryl methyl sites for hydroxylation is 1. The van der Waals surface area contributed by atoms with Crippen molar-refractivity contribution in [3.05, 3.63) is 83.4 Å². The predicted molar refractivity (Wildman–Crippen MR) is 98.9 cm³/mol. The van der Waals surface area contributed by atoms with E-state index in [2.05, 4.69) is 10.1 Å². The van der Waals surface area contributed by atoms with Crippen LogP contribution in [0.15, 0.2) is 60.9 Å². The summed E-state index contributed by atoms with van der Waals surface area (Å²) in [4.78, 5) is 16.6. The fraction of sp³-hybridized carbons (Fsp3) is 0.150. The van der Waals surface area contributed by atoms with Gasteiger partial charge in [-0.3, -0.25) is 14.5 Å². The molecule has 5 heteroatoms. The lowest BCUT2D eigenvalue weighted by molar-refractivity contribution is -0.113. The van der Waals surface area contributed by atoms with Crippen LogP contribution in [-0.2, 0) is 17.8 Å². The molecule has 0 fully saturated rings. The van der Waals surface area contributed by atoms with Crippen molar-refractivity contribution in [2.75, 3.05) is 5.73 Å². The van der Waals surface area contributed by atoms with Gasteiger partial charge in [-0.1, -0.05) is 24.3 Å². The number of nitrogens with two attached hydrogens (primary N) is 1. The predicted octanol–water partition coefficient (Wildman–Crippen LogP) is 3.04. The van der Waals surface area contributed by atoms with Gasteiger partial charge in [0.05, 0.1) is 18.4 Å². The number of rotatable bonds is 6. The van der Waals surface area contributed by atoms with Crippen molar-refractivity contribution in [1.29, 1.82) is 0 Å². The summed E-state index contributed by atoms with van der Waals surface area (Å²) in [5.41, 5.74) is 10.2. The van der Waals surface area contributed by atoms with Crippen molar-refractivity contribution in [3.8, 4) is 0 Å². The molecule has 126 valence electrons. The second-order valence-corrected chi connectivity index (χ2v) is 5.92. The van der Waals surface area contributed by atoms with Crippen LogP contribution in [0.5, 0.6) is 0 Å². The number of nitrogen functional groups attached to an aromatic ring is 1. The average Bonchev–Trinajstić information content (AvgIpc) is 3.03. The summed E-state index contributed by atoms with van der Waals surface area (Å²) in [5.74, 6) is 0.00556. The molecule has 0 atom stereocenters. The summed E-state index contributed by atoms with van der Waals surface area (Å²) in [6, 6.07) is 13.3. The summed E-state index contributed by atoms with van der Waals surface area (Å²) < 4.78 is 1.81. The van der Waals surface area contributed by atoms with Crippen LogP contribution in [0.4, 0.5) is 5.69 Å². The molecular formula is C20H20N4O. The molecule has 0 aliphatic heterocycles. The van der Waals surface area contributed by atoms with Crippen LogP contribution < -0.4 is 5.73 Å². The first-order chi connectivity index (χ1) is 12.1. The van der Waals surface area contributed by atoms with E-state index in [4.69, 9.17) is 5.73 Å². The summed E-state index contributed by atoms with van der Waals surface area (Å²) >= 11 is 0. The van der Waals surface area contributed by atoms with Crippen molar-refractivity contribution in [3.63, 3.8) is 0 Å². The molecule has 0 saturated heterocycles. The van der Waals surface area contributed by atoms with Gasteiger partial charge in [-0.15, -0.1) is 0 Å². The van der Waals surface area contributed by atoms with E-state index in [1.807, 2.05) is 49.5 Å². The molecule has 2 aromatic heterocycles. The van der Waals surface area contributed by atoms with E-state index < -0.39 is 0 Å². The van der Waals surface area contributed by atoms with Gasteiger partial charge >= 0.3 is 0 Å². The molecule has 2 heterocycles. The maximum absolute atomic E-state index is 12.1. The zero-order valence-corrected chi connectivity index (χ0v) is 14.1. The van der Waals surface area contributed by atoms with Crippen molar-refractivity contribution < 1.29 is 4.79 Å². The Bertz CT molecular complexity index is 911. The van der Waals surface area contributed by atoms with Crippen LogP contribution in [0.3, 0.4) is 0 Å². The Morgan fingerprint density at radius 2 is 2.04 bits per heavy atom. The molecule has 0 aliphatic rings. The third kappa shape index (κ3) is 4.64. The molecule has 2 N–H and O–H groups in total. The van der Waals surface area contributed by atoms with Crippen molar-refractivity contribution in [2.45, 2.75) is 19.9 Å². The molecule has 3 aromatic rings. The monoisotopic (exact) mass is 332 g/mol. The molecule has 0 aliphatic carbocycles. The SMILES string of the molecule is Cc1cccc(Cn2cc(/C=C/C(=O)Cc3ccccc3N)cn2)n1. The Morgan fingerprint density at radius 1 is 1.20 bits per heavy atom. The first-order valence-electron chi connectivity index (χ1n) is 8.09. The zero-order chi connectivity index (χ0) is 17.6. The first-order valence-corrected chi connectivity index (χ1v) is 8.09. The lowest BCUT2D eigenvalue weighted by atomic mass is 10.1. The first kappa shape index (κ1) is 16.6. The van der Waals surface area contributed by atoms with E-state index in [0.29, 0.717) is 18.7 Å². The van der Waals surface area contributed by atoms with Gasteiger partial charge in [-0.25, -0.2) is 0 Å². The molecule has 0 bridgehead atoms. The van der Waals surface area contributed by atoms with Crippen LogP contribution in [0, 0.1) is 6.92 Å². The van der Waals surface area contributed by atoms with Gasteiger partial charge in [0.25, 0.3) is 0 Å². The van der Waals surface area contributed by atoms with Crippen LogP contribution in [0.25, 0.3) is 6.08 Å². The molecule has 1 aromatic carbocycles. The summed E-state index contributed by atoms with van der Waals surface area (Å²) in [5, 5.41) is 4.31. The quantitative estimate of drug-likeness (QED) is 0.556. The Labute approximate surface area is 146 Å². The highest BCUT2D eigenvalue weighted by molar-refractivity contribution is 5.95. The summed E-state index contributed by atoms with van der Waals surface area (Å²) in [6.45, 7) is 2.57. The molecule has 0 amide bonds. The normalized spacial score (nSPS) is 11.1. The Hall–Kier alpha value is -3.21. The number of hydrogen-bond donors (Lipinski definition) is 1. The summed E-state index contributed by atoms with van der Waals surface area (Å²) in [7, 11) is 0. The molecule has 0 unspecified atom stereocenters. The smallest absolute Gasteiger partial charge is 0.160 e. The number of nitrogens with zero attached hydrogens (tertiary/aromatic N) is 3. The fourth-order valence-electron chi connectivity index (χ4n) is 2.54. The van der Waals surface area contributed by atoms with Crippen molar-refractivity contribution in [1.82, 2.24) is 14.8 Å². The molecule has 0 radical (unpaired) electrons. The van der Waals surface area contributed by atoms with Crippen LogP contribution in [0.2, 0.25) is 0 Å². The highest BCUT2D eigenvalue weighted by Gasteiger charge is 2.04. The molecule has 0 saturated carbocycles. The standard InChI is InChI=1S/C20H20N4O/c1-15-5-4-7-18(23-15)14-24-13-16(12-22-24)9-10-19(25)11-17-6-2-3-8-20(17)21/h2-10,12-13H,11,14,21H2,1H3/b10-9+. The number of anilines is 1. The number of carbonyl (C=O) groups is 1. The molecule has 25 heavy (non-hydrogen) atoms. The van der Waals surface area contributed by atoms with Gasteiger partial charge in [-0.05, 0) is 42.8 Å². The van der Waals surface area contributed by atoms with E-state index in [1.165, 1.54) is 0 Å². The number of hydrogen-bond acceptors (Lipinski definition) is 4. The minimum absolute atomic E-state index is 0.00556. The maximum Gasteiger partial charge on any atom is 0.160 e. The molecule has 0 spiro atoms. The fourth-order valence-corrected chi connectivity index (χ4v) is 2.54. The van der Waals surface area contributed by atoms with Crippen LogP contribution >= 0.6 is 0 Å². The molecule has 5 nitrogen and oxygen atoms in total. The third-order valence-corrected chi connectivity index (χ3v) is 3.80. The lowest BCUT2D eigenvalue weighted by Crippen LogP contribution is -2.02. The largest absolute Gasteiger partial charge is 0.398 e. The minimum atomic E-state index is 0.00556. The highest BCUT2D eigenvalue weighted by atomic mass is 16.1. The van der Waals surface area contributed by atoms with E-state index >= 15 is 0 Å². The number of pyridine rings is 1. The summed E-state index contributed by atoms with van der Waals surface area (Å²) in [6.07, 6.45) is 7.26. The zero-order valence-electron chi connectivity index (χ0n) is 14.1. The Morgan fingerprint density at radius 3 is 2.84 bits per heavy atom. The third-order valence-electron chi connectivity index (χ3n) is 3.80. The number of carbonyl (C=O) groups excluding carboxylic acids is 1. The van der Waals surface area contributed by atoms with Crippen LogP contribution in [-0.4, -0.2) is 20.5 Å². The van der Waals surface area contributed by atoms with Gasteiger partial charge in [0, 0.05) is 29.6 Å². The number of aromatic nitrogens is 3. The number of ketones is 1. The van der Waals surface area contributed by atoms with E-state index in [-0.39, 0.29) is 5.78 Å². The van der Waals surface area contributed by atoms with Gasteiger partial charge in [0.15, 0.2) is 5.78 Å². The van der Waals surface area contributed by atoms with Crippen molar-refractivity contribution in [2.24, 2.45) is 0 Å².